The summed E-state index contributed by atoms with van der Waals surface area (Å²) in [4.78, 5) is 58.5. The second kappa shape index (κ2) is 8.91. The number of hydrogen-bond donors (Lipinski definition) is 0. The van der Waals surface area contributed by atoms with Gasteiger partial charge in [-0.15, -0.1) is 0 Å². The van der Waals surface area contributed by atoms with E-state index < -0.39 is 35.7 Å². The summed E-state index contributed by atoms with van der Waals surface area (Å²) >= 11 is 0. The minimum absolute atomic E-state index is 0.411. The molecular weight excluding hydrogens is 508 g/mol. The molecule has 7 rings (SSSR count). The van der Waals surface area contributed by atoms with Crippen LogP contribution in [0.3, 0.4) is 0 Å². The van der Waals surface area contributed by atoms with E-state index in [2.05, 4.69) is 0 Å². The van der Waals surface area contributed by atoms with Crippen molar-refractivity contribution in [2.45, 2.75) is 37.8 Å². The lowest BCUT2D eigenvalue weighted by Crippen LogP contribution is -2.60. The number of hydrogen-bond acceptors (Lipinski definition) is 6. The van der Waals surface area contributed by atoms with E-state index in [0.29, 0.717) is 68.1 Å². The molecule has 0 spiro atoms. The van der Waals surface area contributed by atoms with Crippen LogP contribution in [0.5, 0.6) is 11.5 Å². The molecule has 1 fully saturated rings. The number of rotatable bonds is 4. The summed E-state index contributed by atoms with van der Waals surface area (Å²) in [7, 11) is 3.10. The maximum absolute atomic E-state index is 14.0. The van der Waals surface area contributed by atoms with E-state index in [1.54, 1.807) is 62.8 Å². The SMILES string of the molecule is COc1ccc2c3c(cccc13)C(=O)N([C@H]1CCCC[C@@H]1N1C(=O)c3cccc4c(OC)ccc(c34)C1=O)C2=O. The molecule has 0 N–H and O–H groups in total. The number of amides is 4. The fourth-order valence-electron chi connectivity index (χ4n) is 6.83. The minimum atomic E-state index is -0.647. The van der Waals surface area contributed by atoms with Crippen LogP contribution in [-0.2, 0) is 0 Å². The highest BCUT2D eigenvalue weighted by Gasteiger charge is 2.47. The van der Waals surface area contributed by atoms with Crippen molar-refractivity contribution in [3.63, 3.8) is 0 Å². The molecule has 0 unspecified atom stereocenters. The van der Waals surface area contributed by atoms with E-state index in [1.165, 1.54) is 9.80 Å². The minimum Gasteiger partial charge on any atom is -0.496 e. The smallest absolute Gasteiger partial charge is 0.261 e. The molecule has 0 aromatic heterocycles. The first-order chi connectivity index (χ1) is 19.5. The van der Waals surface area contributed by atoms with Gasteiger partial charge in [0.05, 0.1) is 26.3 Å². The van der Waals surface area contributed by atoms with Crippen LogP contribution < -0.4 is 9.47 Å². The predicted molar refractivity (Wildman–Crippen MR) is 148 cm³/mol. The summed E-state index contributed by atoms with van der Waals surface area (Å²) < 4.78 is 11.0. The Kier molecular flexibility index (Phi) is 5.42. The summed E-state index contributed by atoms with van der Waals surface area (Å²) in [6.07, 6.45) is 2.55. The van der Waals surface area contributed by atoms with Gasteiger partial charge in [0, 0.05) is 43.8 Å². The number of carbonyl (C=O) groups is 4. The normalized spacial score (nSPS) is 20.4. The molecule has 4 aromatic carbocycles. The molecular formula is C32H26N2O6. The highest BCUT2D eigenvalue weighted by Crippen LogP contribution is 2.41. The van der Waals surface area contributed by atoms with Crippen molar-refractivity contribution in [1.29, 1.82) is 0 Å². The third kappa shape index (κ3) is 3.19. The topological polar surface area (TPSA) is 93.2 Å². The van der Waals surface area contributed by atoms with Crippen LogP contribution >= 0.6 is 0 Å². The van der Waals surface area contributed by atoms with E-state index in [4.69, 9.17) is 9.47 Å². The van der Waals surface area contributed by atoms with Gasteiger partial charge in [-0.3, -0.25) is 29.0 Å². The lowest BCUT2D eigenvalue weighted by atomic mass is 9.83. The maximum atomic E-state index is 14.0. The molecule has 4 aromatic rings. The quantitative estimate of drug-likeness (QED) is 0.334. The Morgan fingerprint density at radius 2 is 0.925 bits per heavy atom. The Labute approximate surface area is 230 Å². The highest BCUT2D eigenvalue weighted by molar-refractivity contribution is 6.28. The molecule has 2 aliphatic heterocycles. The van der Waals surface area contributed by atoms with Crippen LogP contribution in [0.15, 0.2) is 60.7 Å². The molecule has 8 heteroatoms. The number of imide groups is 2. The lowest BCUT2D eigenvalue weighted by Gasteiger charge is -2.45. The fourth-order valence-corrected chi connectivity index (χ4v) is 6.83. The molecule has 0 bridgehead atoms. The molecule has 0 radical (unpaired) electrons. The first-order valence-electron chi connectivity index (χ1n) is 13.4. The Hall–Kier alpha value is -4.72. The van der Waals surface area contributed by atoms with E-state index in [-0.39, 0.29) is 0 Å². The van der Waals surface area contributed by atoms with Gasteiger partial charge in [-0.05, 0) is 49.2 Å². The number of benzene rings is 4. The summed E-state index contributed by atoms with van der Waals surface area (Å²) in [6, 6.07) is 16.2. The molecule has 2 atom stereocenters. The van der Waals surface area contributed by atoms with Gasteiger partial charge >= 0.3 is 0 Å². The molecule has 0 saturated heterocycles. The van der Waals surface area contributed by atoms with Gasteiger partial charge in [0.25, 0.3) is 23.6 Å². The van der Waals surface area contributed by atoms with Crippen molar-refractivity contribution in [2.75, 3.05) is 14.2 Å². The monoisotopic (exact) mass is 534 g/mol. The second-order valence-corrected chi connectivity index (χ2v) is 10.5. The van der Waals surface area contributed by atoms with Gasteiger partial charge in [0.2, 0.25) is 0 Å². The number of nitrogens with zero attached hydrogens (tertiary/aromatic N) is 2. The summed E-state index contributed by atoms with van der Waals surface area (Å²) in [5, 5.41) is 2.53. The molecule has 3 aliphatic rings. The Balaban J connectivity index is 1.33. The van der Waals surface area contributed by atoms with Crippen molar-refractivity contribution >= 4 is 45.2 Å². The first-order valence-corrected chi connectivity index (χ1v) is 13.4. The van der Waals surface area contributed by atoms with Gasteiger partial charge in [-0.1, -0.05) is 37.1 Å². The van der Waals surface area contributed by atoms with Crippen LogP contribution in [-0.4, -0.2) is 59.7 Å². The zero-order valence-electron chi connectivity index (χ0n) is 22.1. The van der Waals surface area contributed by atoms with Crippen LogP contribution in [0.25, 0.3) is 21.5 Å². The van der Waals surface area contributed by atoms with Crippen molar-refractivity contribution in [1.82, 2.24) is 9.80 Å². The Morgan fingerprint density at radius 1 is 0.550 bits per heavy atom. The number of ether oxygens (including phenoxy) is 2. The Morgan fingerprint density at radius 3 is 1.30 bits per heavy atom. The number of carbonyl (C=O) groups excluding carboxylic acids is 4. The molecule has 1 saturated carbocycles. The molecule has 4 amide bonds. The molecule has 200 valence electrons. The van der Waals surface area contributed by atoms with Crippen molar-refractivity contribution < 1.29 is 28.7 Å². The highest BCUT2D eigenvalue weighted by atomic mass is 16.5. The summed E-state index contributed by atoms with van der Waals surface area (Å²) in [6.45, 7) is 0. The van der Waals surface area contributed by atoms with Crippen LogP contribution in [0.1, 0.15) is 67.1 Å². The average Bonchev–Trinajstić information content (AvgIpc) is 2.99. The van der Waals surface area contributed by atoms with Crippen molar-refractivity contribution in [3.05, 3.63) is 82.9 Å². The third-order valence-electron chi connectivity index (χ3n) is 8.60. The molecule has 40 heavy (non-hydrogen) atoms. The molecule has 1 aliphatic carbocycles. The summed E-state index contributed by atoms with van der Waals surface area (Å²) in [5.74, 6) is -0.511. The lowest BCUT2D eigenvalue weighted by molar-refractivity contribution is 0.0241. The van der Waals surface area contributed by atoms with Gasteiger partial charge in [-0.2, -0.15) is 0 Å². The van der Waals surface area contributed by atoms with Gasteiger partial charge in [0.1, 0.15) is 11.5 Å². The Bertz CT molecular complexity index is 1620. The van der Waals surface area contributed by atoms with E-state index in [9.17, 15) is 19.2 Å². The third-order valence-corrected chi connectivity index (χ3v) is 8.60. The zero-order chi connectivity index (χ0) is 27.7. The van der Waals surface area contributed by atoms with Crippen LogP contribution in [0.4, 0.5) is 0 Å². The van der Waals surface area contributed by atoms with Gasteiger partial charge in [-0.25, -0.2) is 0 Å². The van der Waals surface area contributed by atoms with Gasteiger partial charge in [0.15, 0.2) is 0 Å². The fraction of sp³-hybridized carbons (Fsp3) is 0.250. The maximum Gasteiger partial charge on any atom is 0.261 e. The van der Waals surface area contributed by atoms with Crippen LogP contribution in [0, 0.1) is 0 Å². The predicted octanol–water partition coefficient (Wildman–Crippen LogP) is 5.21. The molecule has 2 heterocycles. The first kappa shape index (κ1) is 24.3. The zero-order valence-corrected chi connectivity index (χ0v) is 22.1. The second-order valence-electron chi connectivity index (χ2n) is 10.5. The molecule has 8 nitrogen and oxygen atoms in total. The average molecular weight is 535 g/mol. The van der Waals surface area contributed by atoms with Gasteiger partial charge < -0.3 is 9.47 Å². The van der Waals surface area contributed by atoms with Crippen molar-refractivity contribution in [3.8, 4) is 11.5 Å². The number of methoxy groups -OCH3 is 2. The van der Waals surface area contributed by atoms with Crippen LogP contribution in [0.2, 0.25) is 0 Å². The standard InChI is InChI=1S/C32H26N2O6/c1-39-25-15-13-21-27-17(25)7-5-9-19(27)29(35)33(31(21)37)23-11-3-4-12-24(23)34-30(36)20-10-6-8-18-26(40-2)16-14-22(28(18)20)32(34)38/h5-10,13-16,23-24H,3-4,11-12H2,1-2H3/t23-,24-/m0/s1. The summed E-state index contributed by atoms with van der Waals surface area (Å²) in [5.41, 5.74) is 1.64. The van der Waals surface area contributed by atoms with Crippen molar-refractivity contribution in [2.24, 2.45) is 0 Å². The largest absolute Gasteiger partial charge is 0.496 e. The van der Waals surface area contributed by atoms with E-state index >= 15 is 0 Å². The van der Waals surface area contributed by atoms with E-state index in [1.807, 2.05) is 12.1 Å². The van der Waals surface area contributed by atoms with E-state index in [0.717, 1.165) is 12.8 Å².